The predicted octanol–water partition coefficient (Wildman–Crippen LogP) is 4.81. The van der Waals surface area contributed by atoms with Gasteiger partial charge in [-0.15, -0.1) is 0 Å². The molecule has 7 heteroatoms. The van der Waals surface area contributed by atoms with Crippen LogP contribution in [-0.4, -0.2) is 24.8 Å². The molecular formula is C24H21ClN2O3S. The summed E-state index contributed by atoms with van der Waals surface area (Å²) in [7, 11) is -3.69. The van der Waals surface area contributed by atoms with Gasteiger partial charge in [0, 0.05) is 28.7 Å². The third kappa shape index (κ3) is 4.50. The molecule has 31 heavy (non-hydrogen) atoms. The summed E-state index contributed by atoms with van der Waals surface area (Å²) in [5.41, 5.74) is 3.09. The van der Waals surface area contributed by atoms with E-state index in [1.807, 2.05) is 25.1 Å². The van der Waals surface area contributed by atoms with E-state index in [0.29, 0.717) is 29.1 Å². The fourth-order valence-electron chi connectivity index (χ4n) is 3.36. The predicted molar refractivity (Wildman–Crippen MR) is 123 cm³/mol. The lowest BCUT2D eigenvalue weighted by atomic mass is 10.1. The van der Waals surface area contributed by atoms with Crippen LogP contribution in [0.5, 0.6) is 0 Å². The molecule has 0 bridgehead atoms. The molecular weight excluding hydrogens is 432 g/mol. The minimum atomic E-state index is -3.69. The van der Waals surface area contributed by atoms with Crippen molar-refractivity contribution in [2.24, 2.45) is 0 Å². The Morgan fingerprint density at radius 1 is 0.968 bits per heavy atom. The molecule has 0 aliphatic carbocycles. The molecule has 158 valence electrons. The molecule has 1 N–H and O–H groups in total. The number of carbonyl (C=O) groups excluding carboxylic acids is 1. The molecule has 0 saturated heterocycles. The zero-order valence-corrected chi connectivity index (χ0v) is 18.5. The third-order valence-corrected chi connectivity index (χ3v) is 7.06. The minimum Gasteiger partial charge on any atom is -0.352 e. The monoisotopic (exact) mass is 452 g/mol. The summed E-state index contributed by atoms with van der Waals surface area (Å²) >= 11 is 5.85. The van der Waals surface area contributed by atoms with E-state index in [1.165, 1.54) is 3.97 Å². The topological polar surface area (TPSA) is 68.2 Å². The van der Waals surface area contributed by atoms with Crippen LogP contribution in [0.25, 0.3) is 10.9 Å². The first-order valence-electron chi connectivity index (χ1n) is 9.80. The molecule has 0 spiro atoms. The van der Waals surface area contributed by atoms with Gasteiger partial charge in [0.05, 0.1) is 10.4 Å². The van der Waals surface area contributed by atoms with Gasteiger partial charge in [-0.25, -0.2) is 12.4 Å². The number of nitrogens with one attached hydrogen (secondary N) is 1. The maximum Gasteiger partial charge on any atom is 0.268 e. The maximum atomic E-state index is 13.1. The van der Waals surface area contributed by atoms with Gasteiger partial charge in [-0.3, -0.25) is 4.79 Å². The zero-order valence-electron chi connectivity index (χ0n) is 16.9. The molecule has 0 saturated carbocycles. The van der Waals surface area contributed by atoms with Crippen molar-refractivity contribution in [3.05, 3.63) is 101 Å². The highest BCUT2D eigenvalue weighted by Gasteiger charge is 2.19. The zero-order chi connectivity index (χ0) is 22.0. The Labute approximate surface area is 186 Å². The van der Waals surface area contributed by atoms with Gasteiger partial charge in [-0.05, 0) is 67.4 Å². The van der Waals surface area contributed by atoms with Gasteiger partial charge < -0.3 is 5.32 Å². The molecule has 4 rings (SSSR count). The molecule has 0 aliphatic rings. The van der Waals surface area contributed by atoms with E-state index in [1.54, 1.807) is 60.8 Å². The second-order valence-electron chi connectivity index (χ2n) is 7.34. The number of nitrogens with zero attached hydrogens (tertiary/aromatic N) is 1. The number of amides is 1. The molecule has 1 amide bonds. The van der Waals surface area contributed by atoms with Gasteiger partial charge in [0.2, 0.25) is 0 Å². The molecule has 4 aromatic rings. The average molecular weight is 453 g/mol. The Kier molecular flexibility index (Phi) is 5.85. The summed E-state index contributed by atoms with van der Waals surface area (Å²) in [5, 5.41) is 4.29. The molecule has 0 aliphatic heterocycles. The lowest BCUT2D eigenvalue weighted by molar-refractivity contribution is 0.0954. The Morgan fingerprint density at radius 2 is 1.68 bits per heavy atom. The highest BCUT2D eigenvalue weighted by atomic mass is 35.5. The second-order valence-corrected chi connectivity index (χ2v) is 9.59. The van der Waals surface area contributed by atoms with E-state index in [-0.39, 0.29) is 10.8 Å². The first kappa shape index (κ1) is 21.2. The van der Waals surface area contributed by atoms with Crippen LogP contribution in [0.2, 0.25) is 5.02 Å². The van der Waals surface area contributed by atoms with Crippen molar-refractivity contribution in [1.29, 1.82) is 0 Å². The fourth-order valence-corrected chi connectivity index (χ4v) is 4.83. The molecule has 0 fully saturated rings. The van der Waals surface area contributed by atoms with Gasteiger partial charge in [0.25, 0.3) is 15.9 Å². The van der Waals surface area contributed by atoms with Crippen molar-refractivity contribution in [2.45, 2.75) is 18.2 Å². The van der Waals surface area contributed by atoms with Crippen molar-refractivity contribution in [3.63, 3.8) is 0 Å². The van der Waals surface area contributed by atoms with Crippen molar-refractivity contribution < 1.29 is 13.2 Å². The first-order valence-corrected chi connectivity index (χ1v) is 11.6. The SMILES string of the molecule is Cc1ccc(S(=O)(=O)n2ccc3ccc(CCNC(=O)c4ccc(Cl)cc4)cc32)cc1. The van der Waals surface area contributed by atoms with Crippen LogP contribution in [-0.2, 0) is 16.4 Å². The summed E-state index contributed by atoms with van der Waals surface area (Å²) in [5.74, 6) is -0.178. The van der Waals surface area contributed by atoms with Crippen molar-refractivity contribution in [2.75, 3.05) is 6.54 Å². The first-order chi connectivity index (χ1) is 14.8. The number of hydrogen-bond acceptors (Lipinski definition) is 3. The van der Waals surface area contributed by atoms with Crippen LogP contribution in [0, 0.1) is 6.92 Å². The van der Waals surface area contributed by atoms with E-state index in [2.05, 4.69) is 5.32 Å². The van der Waals surface area contributed by atoms with Crippen molar-refractivity contribution >= 4 is 38.4 Å². The number of benzene rings is 3. The van der Waals surface area contributed by atoms with E-state index >= 15 is 0 Å². The summed E-state index contributed by atoms with van der Waals surface area (Å²) in [4.78, 5) is 12.5. The molecule has 0 radical (unpaired) electrons. The highest BCUT2D eigenvalue weighted by Crippen LogP contribution is 2.24. The number of hydrogen-bond donors (Lipinski definition) is 1. The molecule has 1 aromatic heterocycles. The van der Waals surface area contributed by atoms with Crippen LogP contribution >= 0.6 is 11.6 Å². The normalized spacial score (nSPS) is 11.5. The van der Waals surface area contributed by atoms with Gasteiger partial charge in [0.1, 0.15) is 0 Å². The number of fused-ring (bicyclic) bond motifs is 1. The van der Waals surface area contributed by atoms with Crippen LogP contribution in [0.4, 0.5) is 0 Å². The second kappa shape index (κ2) is 8.57. The van der Waals surface area contributed by atoms with Crippen LogP contribution in [0.1, 0.15) is 21.5 Å². The Bertz CT molecular complexity index is 1340. The minimum absolute atomic E-state index is 0.178. The van der Waals surface area contributed by atoms with E-state index in [9.17, 15) is 13.2 Å². The van der Waals surface area contributed by atoms with Gasteiger partial charge in [-0.2, -0.15) is 0 Å². The van der Waals surface area contributed by atoms with E-state index in [0.717, 1.165) is 16.5 Å². The Hall–Kier alpha value is -3.09. The molecule has 1 heterocycles. The maximum absolute atomic E-state index is 13.1. The molecule has 0 unspecified atom stereocenters. The standard InChI is InChI=1S/C24H21ClN2O3S/c1-17-2-10-22(11-3-17)31(29,30)27-15-13-19-5-4-18(16-23(19)27)12-14-26-24(28)20-6-8-21(25)9-7-20/h2-11,13,15-16H,12,14H2,1H3,(H,26,28). The number of rotatable bonds is 6. The molecule has 5 nitrogen and oxygen atoms in total. The number of carbonyl (C=O) groups is 1. The number of aromatic nitrogens is 1. The quantitative estimate of drug-likeness (QED) is 0.456. The van der Waals surface area contributed by atoms with Gasteiger partial charge in [-0.1, -0.05) is 41.4 Å². The molecule has 0 atom stereocenters. The summed E-state index contributed by atoms with van der Waals surface area (Å²) in [6.07, 6.45) is 2.15. The number of halogens is 1. The highest BCUT2D eigenvalue weighted by molar-refractivity contribution is 7.90. The summed E-state index contributed by atoms with van der Waals surface area (Å²) in [6, 6.07) is 21.0. The van der Waals surface area contributed by atoms with Gasteiger partial charge in [0.15, 0.2) is 0 Å². The smallest absolute Gasteiger partial charge is 0.268 e. The molecule has 3 aromatic carbocycles. The fraction of sp³-hybridized carbons (Fsp3) is 0.125. The lowest BCUT2D eigenvalue weighted by Crippen LogP contribution is -2.25. The van der Waals surface area contributed by atoms with Crippen molar-refractivity contribution in [3.8, 4) is 0 Å². The number of aryl methyl sites for hydroxylation is 1. The summed E-state index contributed by atoms with van der Waals surface area (Å²) < 4.78 is 27.5. The van der Waals surface area contributed by atoms with Gasteiger partial charge >= 0.3 is 0 Å². The Morgan fingerprint density at radius 3 is 2.39 bits per heavy atom. The van der Waals surface area contributed by atoms with Crippen LogP contribution in [0.3, 0.4) is 0 Å². The largest absolute Gasteiger partial charge is 0.352 e. The Balaban J connectivity index is 1.52. The van der Waals surface area contributed by atoms with E-state index < -0.39 is 10.0 Å². The van der Waals surface area contributed by atoms with E-state index in [4.69, 9.17) is 11.6 Å². The average Bonchev–Trinajstić information content (AvgIpc) is 3.18. The third-order valence-electron chi connectivity index (χ3n) is 5.11. The van der Waals surface area contributed by atoms with Crippen LogP contribution in [0.15, 0.2) is 83.9 Å². The van der Waals surface area contributed by atoms with Crippen molar-refractivity contribution in [1.82, 2.24) is 9.29 Å². The van der Waals surface area contributed by atoms with Crippen LogP contribution < -0.4 is 5.32 Å². The lowest BCUT2D eigenvalue weighted by Gasteiger charge is -2.10. The summed E-state index contributed by atoms with van der Waals surface area (Å²) in [6.45, 7) is 2.35.